The fourth-order valence-electron chi connectivity index (χ4n) is 3.09. The summed E-state index contributed by atoms with van der Waals surface area (Å²) in [6.07, 6.45) is 5.83. The number of nitrogens with zero attached hydrogens (tertiary/aromatic N) is 3. The monoisotopic (exact) mass is 261 g/mol. The van der Waals surface area contributed by atoms with Gasteiger partial charge in [-0.05, 0) is 51.0 Å². The highest BCUT2D eigenvalue weighted by atomic mass is 15.2. The summed E-state index contributed by atoms with van der Waals surface area (Å²) in [5.41, 5.74) is 1.19. The van der Waals surface area contributed by atoms with Gasteiger partial charge in [0.15, 0.2) is 0 Å². The summed E-state index contributed by atoms with van der Waals surface area (Å²) in [5, 5.41) is 0. The quantitative estimate of drug-likeness (QED) is 0.752. The molecule has 2 heterocycles. The molecule has 3 heteroatoms. The third-order valence-electron chi connectivity index (χ3n) is 4.03. The molecule has 1 aromatic rings. The van der Waals surface area contributed by atoms with Crippen molar-refractivity contribution in [3.8, 4) is 0 Å². The Balaban J connectivity index is 1.92. The molecule has 0 unspecified atom stereocenters. The molecule has 1 saturated heterocycles. The van der Waals surface area contributed by atoms with E-state index in [4.69, 9.17) is 0 Å². The molecule has 2 rings (SSSR count). The van der Waals surface area contributed by atoms with Gasteiger partial charge in [-0.3, -0.25) is 14.8 Å². The average Bonchev–Trinajstić information content (AvgIpc) is 2.87. The zero-order chi connectivity index (χ0) is 13.5. The fraction of sp³-hybridized carbons (Fsp3) is 0.688. The summed E-state index contributed by atoms with van der Waals surface area (Å²) in [6, 6.07) is 6.96. The summed E-state index contributed by atoms with van der Waals surface area (Å²) < 4.78 is 0. The van der Waals surface area contributed by atoms with Crippen LogP contribution in [-0.2, 0) is 6.54 Å². The second-order valence-electron chi connectivity index (χ2n) is 5.48. The van der Waals surface area contributed by atoms with Crippen molar-refractivity contribution in [2.24, 2.45) is 0 Å². The van der Waals surface area contributed by atoms with E-state index < -0.39 is 0 Å². The predicted molar refractivity (Wildman–Crippen MR) is 80.1 cm³/mol. The maximum atomic E-state index is 4.46. The van der Waals surface area contributed by atoms with E-state index in [1.807, 2.05) is 12.3 Å². The molecule has 1 aromatic heterocycles. The van der Waals surface area contributed by atoms with Crippen LogP contribution in [0.15, 0.2) is 24.4 Å². The second kappa shape index (κ2) is 7.61. The normalized spacial score (nSPS) is 20.3. The van der Waals surface area contributed by atoms with E-state index in [2.05, 4.69) is 40.8 Å². The summed E-state index contributed by atoms with van der Waals surface area (Å²) in [5.74, 6) is 0. The van der Waals surface area contributed by atoms with Gasteiger partial charge in [-0.15, -0.1) is 0 Å². The standard InChI is InChI=1S/C16H27N3/c1-3-11-18(13-15-8-5-6-10-17-15)14-16-9-7-12-19(16)4-2/h5-6,8,10,16H,3-4,7,9,11-14H2,1-2H3/t16-/m1/s1. The van der Waals surface area contributed by atoms with Crippen LogP contribution < -0.4 is 0 Å². The number of hydrogen-bond donors (Lipinski definition) is 0. The topological polar surface area (TPSA) is 19.4 Å². The molecule has 0 amide bonds. The van der Waals surface area contributed by atoms with Gasteiger partial charge >= 0.3 is 0 Å². The predicted octanol–water partition coefficient (Wildman–Crippen LogP) is 2.78. The van der Waals surface area contributed by atoms with Crippen molar-refractivity contribution >= 4 is 0 Å². The average molecular weight is 261 g/mol. The molecule has 0 aromatic carbocycles. The molecule has 0 radical (unpaired) electrons. The first-order chi connectivity index (χ1) is 9.33. The molecule has 1 aliphatic rings. The minimum Gasteiger partial charge on any atom is -0.299 e. The molecule has 1 atom stereocenters. The number of pyridine rings is 1. The van der Waals surface area contributed by atoms with Gasteiger partial charge < -0.3 is 0 Å². The molecule has 19 heavy (non-hydrogen) atoms. The van der Waals surface area contributed by atoms with Crippen LogP contribution in [0.1, 0.15) is 38.8 Å². The number of hydrogen-bond acceptors (Lipinski definition) is 3. The molecule has 3 nitrogen and oxygen atoms in total. The lowest BCUT2D eigenvalue weighted by molar-refractivity contribution is 0.170. The largest absolute Gasteiger partial charge is 0.299 e. The maximum absolute atomic E-state index is 4.46. The zero-order valence-electron chi connectivity index (χ0n) is 12.4. The third kappa shape index (κ3) is 4.29. The van der Waals surface area contributed by atoms with E-state index in [1.54, 1.807) is 0 Å². The van der Waals surface area contributed by atoms with E-state index >= 15 is 0 Å². The Morgan fingerprint density at radius 1 is 1.37 bits per heavy atom. The minimum absolute atomic E-state index is 0.750. The summed E-state index contributed by atoms with van der Waals surface area (Å²) in [7, 11) is 0. The lowest BCUT2D eigenvalue weighted by Crippen LogP contribution is -2.40. The van der Waals surface area contributed by atoms with Gasteiger partial charge in [0.2, 0.25) is 0 Å². The lowest BCUT2D eigenvalue weighted by atomic mass is 10.2. The SMILES string of the molecule is CCCN(Cc1ccccn1)C[C@H]1CCCN1CC. The van der Waals surface area contributed by atoms with Crippen molar-refractivity contribution in [1.29, 1.82) is 0 Å². The van der Waals surface area contributed by atoms with Crippen molar-refractivity contribution in [1.82, 2.24) is 14.8 Å². The molecule has 0 aliphatic carbocycles. The fourth-order valence-corrected chi connectivity index (χ4v) is 3.09. The maximum Gasteiger partial charge on any atom is 0.0543 e. The molecule has 106 valence electrons. The van der Waals surface area contributed by atoms with Gasteiger partial charge in [0.1, 0.15) is 0 Å². The molecule has 1 aliphatic heterocycles. The van der Waals surface area contributed by atoms with Crippen LogP contribution in [0.25, 0.3) is 0 Å². The Labute approximate surface area is 117 Å². The van der Waals surface area contributed by atoms with Gasteiger partial charge in [-0.25, -0.2) is 0 Å². The van der Waals surface area contributed by atoms with Gasteiger partial charge in [-0.1, -0.05) is 19.9 Å². The highest BCUT2D eigenvalue weighted by Crippen LogP contribution is 2.18. The molecular formula is C16H27N3. The Hall–Kier alpha value is -0.930. The summed E-state index contributed by atoms with van der Waals surface area (Å²) in [6.45, 7) is 10.4. The van der Waals surface area contributed by atoms with Crippen LogP contribution in [0.2, 0.25) is 0 Å². The van der Waals surface area contributed by atoms with Crippen molar-refractivity contribution in [2.45, 2.75) is 45.7 Å². The third-order valence-corrected chi connectivity index (χ3v) is 4.03. The first-order valence-electron chi connectivity index (χ1n) is 7.69. The van der Waals surface area contributed by atoms with Gasteiger partial charge in [0, 0.05) is 25.3 Å². The smallest absolute Gasteiger partial charge is 0.0543 e. The molecule has 0 bridgehead atoms. The molecule has 0 spiro atoms. The Kier molecular flexibility index (Phi) is 5.80. The Bertz CT molecular complexity index is 352. The van der Waals surface area contributed by atoms with E-state index in [0.717, 1.165) is 12.6 Å². The number of likely N-dealkylation sites (tertiary alicyclic amines) is 1. The Morgan fingerprint density at radius 2 is 2.26 bits per heavy atom. The van der Waals surface area contributed by atoms with Crippen molar-refractivity contribution < 1.29 is 0 Å². The number of rotatable bonds is 7. The highest BCUT2D eigenvalue weighted by molar-refractivity contribution is 5.03. The van der Waals surface area contributed by atoms with E-state index in [9.17, 15) is 0 Å². The Morgan fingerprint density at radius 3 is 2.95 bits per heavy atom. The first-order valence-corrected chi connectivity index (χ1v) is 7.69. The minimum atomic E-state index is 0.750. The van der Waals surface area contributed by atoms with Crippen LogP contribution in [0.5, 0.6) is 0 Å². The first kappa shape index (κ1) is 14.5. The summed E-state index contributed by atoms with van der Waals surface area (Å²) in [4.78, 5) is 9.66. The molecule has 0 saturated carbocycles. The zero-order valence-corrected chi connectivity index (χ0v) is 12.4. The molecular weight excluding hydrogens is 234 g/mol. The summed E-state index contributed by atoms with van der Waals surface area (Å²) >= 11 is 0. The van der Waals surface area contributed by atoms with Crippen LogP contribution in [0, 0.1) is 0 Å². The van der Waals surface area contributed by atoms with Crippen LogP contribution in [-0.4, -0.2) is 47.0 Å². The van der Waals surface area contributed by atoms with Crippen molar-refractivity contribution in [3.63, 3.8) is 0 Å². The number of likely N-dealkylation sites (N-methyl/N-ethyl adjacent to an activating group) is 1. The van der Waals surface area contributed by atoms with E-state index in [0.29, 0.717) is 0 Å². The van der Waals surface area contributed by atoms with Crippen LogP contribution in [0.4, 0.5) is 0 Å². The highest BCUT2D eigenvalue weighted by Gasteiger charge is 2.24. The van der Waals surface area contributed by atoms with Crippen LogP contribution >= 0.6 is 0 Å². The van der Waals surface area contributed by atoms with Crippen LogP contribution in [0.3, 0.4) is 0 Å². The molecule has 1 fully saturated rings. The van der Waals surface area contributed by atoms with E-state index in [1.165, 1.54) is 51.1 Å². The van der Waals surface area contributed by atoms with Gasteiger partial charge in [0.25, 0.3) is 0 Å². The molecule has 0 N–H and O–H groups in total. The van der Waals surface area contributed by atoms with Gasteiger partial charge in [-0.2, -0.15) is 0 Å². The van der Waals surface area contributed by atoms with Gasteiger partial charge in [0.05, 0.1) is 5.69 Å². The second-order valence-corrected chi connectivity index (χ2v) is 5.48. The van der Waals surface area contributed by atoms with Crippen molar-refractivity contribution in [2.75, 3.05) is 26.2 Å². The number of aromatic nitrogens is 1. The lowest BCUT2D eigenvalue weighted by Gasteiger charge is -2.29. The van der Waals surface area contributed by atoms with E-state index in [-0.39, 0.29) is 0 Å². The van der Waals surface area contributed by atoms with Crippen molar-refractivity contribution in [3.05, 3.63) is 30.1 Å².